The van der Waals surface area contributed by atoms with Crippen LogP contribution in [0.3, 0.4) is 0 Å². The maximum absolute atomic E-state index is 4.80. The summed E-state index contributed by atoms with van der Waals surface area (Å²) in [5, 5.41) is 10.7. The second kappa shape index (κ2) is 6.74. The van der Waals surface area contributed by atoms with E-state index in [9.17, 15) is 0 Å². The lowest BCUT2D eigenvalue weighted by atomic mass is 10.0. The van der Waals surface area contributed by atoms with Gasteiger partial charge in [-0.05, 0) is 73.0 Å². The van der Waals surface area contributed by atoms with Gasteiger partial charge in [0.1, 0.15) is 0 Å². The van der Waals surface area contributed by atoms with Gasteiger partial charge in [-0.2, -0.15) is 0 Å². The Balaban J connectivity index is 1.55. The lowest BCUT2D eigenvalue weighted by Gasteiger charge is -2.09. The number of nitrogens with zero attached hydrogens (tertiary/aromatic N) is 3. The zero-order valence-electron chi connectivity index (χ0n) is 16.8. The zero-order valence-corrected chi connectivity index (χ0v) is 16.8. The molecule has 0 amide bonds. The minimum Gasteiger partial charge on any atom is -0.339 e. The molecule has 2 aromatic heterocycles. The molecule has 0 aliphatic carbocycles. The van der Waals surface area contributed by atoms with Gasteiger partial charge in [-0.3, -0.25) is 0 Å². The van der Waals surface area contributed by atoms with Crippen LogP contribution in [0.4, 0.5) is 11.5 Å². The molecule has 1 N–H and O–H groups in total. The number of imidazole rings is 1. The summed E-state index contributed by atoms with van der Waals surface area (Å²) in [6.45, 7) is 6.35. The highest BCUT2D eigenvalue weighted by Gasteiger charge is 2.09. The van der Waals surface area contributed by atoms with E-state index in [0.717, 1.165) is 28.4 Å². The van der Waals surface area contributed by atoms with Gasteiger partial charge in [-0.15, -0.1) is 5.10 Å². The highest BCUT2D eigenvalue weighted by molar-refractivity contribution is 5.87. The van der Waals surface area contributed by atoms with Gasteiger partial charge >= 0.3 is 0 Å². The van der Waals surface area contributed by atoms with Crippen LogP contribution in [0.1, 0.15) is 16.7 Å². The van der Waals surface area contributed by atoms with Crippen molar-refractivity contribution >= 4 is 27.9 Å². The highest BCUT2D eigenvalue weighted by atomic mass is 15.3. The summed E-state index contributed by atoms with van der Waals surface area (Å²) in [6, 6.07) is 23.3. The molecule has 0 aliphatic rings. The molecular formula is C25H22N4. The molecule has 142 valence electrons. The topological polar surface area (TPSA) is 42.2 Å². The van der Waals surface area contributed by atoms with E-state index in [0.29, 0.717) is 0 Å². The van der Waals surface area contributed by atoms with E-state index in [1.54, 1.807) is 0 Å². The molecule has 0 spiro atoms. The van der Waals surface area contributed by atoms with Gasteiger partial charge in [-0.1, -0.05) is 42.0 Å². The number of anilines is 2. The second-order valence-electron chi connectivity index (χ2n) is 7.62. The number of hydrogen-bond acceptors (Lipinski definition) is 3. The van der Waals surface area contributed by atoms with Gasteiger partial charge in [0.25, 0.3) is 0 Å². The molecular weight excluding hydrogens is 356 g/mol. The summed E-state index contributed by atoms with van der Waals surface area (Å²) in [5.41, 5.74) is 7.74. The van der Waals surface area contributed by atoms with E-state index in [1.165, 1.54) is 27.5 Å². The number of aromatic nitrogens is 3. The number of fused-ring (bicyclic) bond motifs is 2. The largest absolute Gasteiger partial charge is 0.339 e. The molecule has 4 heteroatoms. The molecule has 0 radical (unpaired) electrons. The third-order valence-electron chi connectivity index (χ3n) is 5.43. The van der Waals surface area contributed by atoms with Gasteiger partial charge in [0.2, 0.25) is 0 Å². The fourth-order valence-electron chi connectivity index (χ4n) is 3.63. The predicted octanol–water partition coefficient (Wildman–Crippen LogP) is 6.22. The molecule has 0 aliphatic heterocycles. The molecule has 4 nitrogen and oxygen atoms in total. The molecule has 0 fully saturated rings. The Kier molecular flexibility index (Phi) is 4.06. The zero-order chi connectivity index (χ0) is 20.0. The number of rotatable bonds is 3. The molecule has 0 bridgehead atoms. The predicted molar refractivity (Wildman–Crippen MR) is 120 cm³/mol. The Morgan fingerprint density at radius 2 is 1.59 bits per heavy atom. The Morgan fingerprint density at radius 3 is 2.45 bits per heavy atom. The number of hydrogen-bond donors (Lipinski definition) is 1. The molecule has 0 unspecified atom stereocenters. The van der Waals surface area contributed by atoms with Crippen LogP contribution in [0, 0.1) is 20.8 Å². The first-order chi connectivity index (χ1) is 14.1. The van der Waals surface area contributed by atoms with E-state index in [4.69, 9.17) is 5.10 Å². The van der Waals surface area contributed by atoms with Crippen molar-refractivity contribution in [2.24, 2.45) is 0 Å². The van der Waals surface area contributed by atoms with Gasteiger partial charge in [-0.25, -0.2) is 9.50 Å². The van der Waals surface area contributed by atoms with Crippen molar-refractivity contribution in [3.05, 3.63) is 89.6 Å². The van der Waals surface area contributed by atoms with Crippen LogP contribution in [0.2, 0.25) is 0 Å². The van der Waals surface area contributed by atoms with Crippen molar-refractivity contribution in [1.82, 2.24) is 14.6 Å². The van der Waals surface area contributed by atoms with Crippen LogP contribution in [0.5, 0.6) is 0 Å². The van der Waals surface area contributed by atoms with Crippen LogP contribution in [-0.4, -0.2) is 14.6 Å². The van der Waals surface area contributed by atoms with Crippen molar-refractivity contribution in [3.63, 3.8) is 0 Å². The van der Waals surface area contributed by atoms with Gasteiger partial charge < -0.3 is 5.32 Å². The molecule has 0 saturated heterocycles. The Bertz CT molecular complexity index is 1360. The second-order valence-corrected chi connectivity index (χ2v) is 7.62. The van der Waals surface area contributed by atoms with E-state index >= 15 is 0 Å². The van der Waals surface area contributed by atoms with Gasteiger partial charge in [0.15, 0.2) is 11.5 Å². The Morgan fingerprint density at radius 1 is 0.759 bits per heavy atom. The van der Waals surface area contributed by atoms with Crippen LogP contribution in [-0.2, 0) is 0 Å². The van der Waals surface area contributed by atoms with E-state index < -0.39 is 0 Å². The number of nitrogens with one attached hydrogen (secondary N) is 1. The van der Waals surface area contributed by atoms with Crippen LogP contribution in [0.25, 0.3) is 27.7 Å². The summed E-state index contributed by atoms with van der Waals surface area (Å²) in [5.74, 6) is 0.788. The standard InChI is InChI=1S/C25H22N4/c1-16-4-6-20-14-21(8-7-19(20)12-16)23-15-26-25-11-10-24(28-29(23)25)27-22-9-5-17(2)18(3)13-22/h4-15H,1-3H3,(H,27,28). The average molecular weight is 378 g/mol. The quantitative estimate of drug-likeness (QED) is 0.405. The van der Waals surface area contributed by atoms with Crippen molar-refractivity contribution in [2.45, 2.75) is 20.8 Å². The number of aryl methyl sites for hydroxylation is 3. The lowest BCUT2D eigenvalue weighted by molar-refractivity contribution is 0.949. The Hall–Kier alpha value is -3.66. The van der Waals surface area contributed by atoms with Gasteiger partial charge in [0, 0.05) is 11.3 Å². The minimum atomic E-state index is 0.788. The summed E-state index contributed by atoms with van der Waals surface area (Å²) < 4.78 is 1.90. The third-order valence-corrected chi connectivity index (χ3v) is 5.43. The third kappa shape index (κ3) is 3.23. The monoisotopic (exact) mass is 378 g/mol. The van der Waals surface area contributed by atoms with Crippen LogP contribution < -0.4 is 5.32 Å². The summed E-state index contributed by atoms with van der Waals surface area (Å²) in [7, 11) is 0. The first-order valence-corrected chi connectivity index (χ1v) is 9.77. The lowest BCUT2D eigenvalue weighted by Crippen LogP contribution is -2.00. The smallest absolute Gasteiger partial charge is 0.154 e. The molecule has 0 atom stereocenters. The molecule has 5 rings (SSSR count). The Labute approximate surface area is 169 Å². The van der Waals surface area contributed by atoms with E-state index in [1.807, 2.05) is 22.8 Å². The fraction of sp³-hybridized carbons (Fsp3) is 0.120. The van der Waals surface area contributed by atoms with Crippen molar-refractivity contribution in [3.8, 4) is 11.3 Å². The fourth-order valence-corrected chi connectivity index (χ4v) is 3.63. The highest BCUT2D eigenvalue weighted by Crippen LogP contribution is 2.26. The number of benzene rings is 3. The van der Waals surface area contributed by atoms with Crippen molar-refractivity contribution in [1.29, 1.82) is 0 Å². The molecule has 3 aromatic carbocycles. The first kappa shape index (κ1) is 17.4. The van der Waals surface area contributed by atoms with Crippen molar-refractivity contribution in [2.75, 3.05) is 5.32 Å². The molecule has 5 aromatic rings. The average Bonchev–Trinajstić information content (AvgIpc) is 3.14. The maximum atomic E-state index is 4.80. The SMILES string of the molecule is Cc1ccc2cc(-c3cnc4ccc(Nc5ccc(C)c(C)c5)nn34)ccc2c1. The first-order valence-electron chi connectivity index (χ1n) is 9.77. The van der Waals surface area contributed by atoms with E-state index in [-0.39, 0.29) is 0 Å². The van der Waals surface area contributed by atoms with Crippen molar-refractivity contribution < 1.29 is 0 Å². The normalized spacial score (nSPS) is 11.3. The molecule has 0 saturated carbocycles. The minimum absolute atomic E-state index is 0.788. The molecule has 2 heterocycles. The summed E-state index contributed by atoms with van der Waals surface area (Å²) in [4.78, 5) is 4.54. The van der Waals surface area contributed by atoms with Crippen LogP contribution in [0.15, 0.2) is 72.9 Å². The van der Waals surface area contributed by atoms with Crippen LogP contribution >= 0.6 is 0 Å². The maximum Gasteiger partial charge on any atom is 0.154 e. The molecule has 29 heavy (non-hydrogen) atoms. The van der Waals surface area contributed by atoms with E-state index in [2.05, 4.69) is 85.7 Å². The summed E-state index contributed by atoms with van der Waals surface area (Å²) in [6.07, 6.45) is 1.89. The van der Waals surface area contributed by atoms with Gasteiger partial charge in [0.05, 0.1) is 11.9 Å². The summed E-state index contributed by atoms with van der Waals surface area (Å²) >= 11 is 0.